The Morgan fingerprint density at radius 1 is 0.400 bits per heavy atom. The van der Waals surface area contributed by atoms with Crippen molar-refractivity contribution in [2.75, 3.05) is 23.0 Å². The van der Waals surface area contributed by atoms with E-state index < -0.39 is 11.9 Å². The highest BCUT2D eigenvalue weighted by atomic mass is 32.2. The quantitative estimate of drug-likeness (QED) is 0.0602. The van der Waals surface area contributed by atoms with Crippen LogP contribution in [0.4, 0.5) is 0 Å². The van der Waals surface area contributed by atoms with Gasteiger partial charge >= 0.3 is 11.9 Å². The van der Waals surface area contributed by atoms with E-state index in [-0.39, 0.29) is 0 Å². The van der Waals surface area contributed by atoms with E-state index in [1.807, 2.05) is 0 Å². The molecule has 7 heteroatoms. The molecule has 50 heavy (non-hydrogen) atoms. The minimum Gasteiger partial charge on any atom is -0.481 e. The van der Waals surface area contributed by atoms with Crippen LogP contribution in [-0.2, 0) is 14.4 Å². The van der Waals surface area contributed by atoms with Gasteiger partial charge in [-0.3, -0.25) is 14.4 Å². The highest BCUT2D eigenvalue weighted by Gasteiger charge is 2.11. The van der Waals surface area contributed by atoms with E-state index in [1.54, 1.807) is 0 Å². The van der Waals surface area contributed by atoms with Gasteiger partial charge in [0.25, 0.3) is 0 Å². The van der Waals surface area contributed by atoms with Crippen molar-refractivity contribution in [3.05, 3.63) is 0 Å². The third-order valence-electron chi connectivity index (χ3n) is 10.1. The van der Waals surface area contributed by atoms with Crippen molar-refractivity contribution in [2.45, 2.75) is 219 Å². The number of rotatable bonds is 42. The number of carboxylic acids is 2. The fourth-order valence-electron chi connectivity index (χ4n) is 6.85. The Kier molecular flexibility index (Phi) is 39.0. The van der Waals surface area contributed by atoms with Crippen LogP contribution < -0.4 is 0 Å². The van der Waals surface area contributed by atoms with Crippen molar-refractivity contribution in [3.8, 4) is 0 Å². The van der Waals surface area contributed by atoms with Crippen LogP contribution in [0.3, 0.4) is 0 Å². The molecule has 0 heterocycles. The lowest BCUT2D eigenvalue weighted by Gasteiger charge is -2.17. The third kappa shape index (κ3) is 38.5. The monoisotopic (exact) mass is 743 g/mol. The first kappa shape index (κ1) is 49.3. The highest BCUT2D eigenvalue weighted by Crippen LogP contribution is 2.25. The van der Waals surface area contributed by atoms with E-state index in [0.29, 0.717) is 18.6 Å². The van der Waals surface area contributed by atoms with Crippen molar-refractivity contribution in [1.29, 1.82) is 0 Å². The fourth-order valence-corrected chi connectivity index (χ4v) is 9.34. The minimum absolute atomic E-state index is 0.314. The molecule has 2 N–H and O–H groups in total. The number of carbonyl (C=O) groups is 3. The SMILES string of the molecule is CCCCCCC(CCCCCCCC(=O)O)CSCCCCCC(=O)CCCCCSCC(CCCCCC)CCCCCCCC(=O)O. The number of aliphatic carboxylic acids is 2. The molecule has 2 atom stereocenters. The maximum absolute atomic E-state index is 12.5. The Morgan fingerprint density at radius 3 is 1.06 bits per heavy atom. The van der Waals surface area contributed by atoms with Gasteiger partial charge in [0.15, 0.2) is 0 Å². The molecule has 296 valence electrons. The Labute approximate surface area is 318 Å². The van der Waals surface area contributed by atoms with Crippen LogP contribution in [0.25, 0.3) is 0 Å². The second-order valence-corrected chi connectivity index (χ2v) is 17.4. The van der Waals surface area contributed by atoms with E-state index in [0.717, 1.165) is 63.2 Å². The average molecular weight is 743 g/mol. The Hall–Kier alpha value is -0.690. The normalized spacial score (nSPS) is 12.7. The first-order chi connectivity index (χ1) is 24.4. The predicted molar refractivity (Wildman–Crippen MR) is 221 cm³/mol. The van der Waals surface area contributed by atoms with Gasteiger partial charge < -0.3 is 10.2 Å². The van der Waals surface area contributed by atoms with Crippen LogP contribution in [-0.4, -0.2) is 50.9 Å². The topological polar surface area (TPSA) is 91.7 Å². The average Bonchev–Trinajstić information content (AvgIpc) is 3.09. The van der Waals surface area contributed by atoms with Crippen LogP contribution in [0.5, 0.6) is 0 Å². The van der Waals surface area contributed by atoms with Gasteiger partial charge in [-0.2, -0.15) is 23.5 Å². The van der Waals surface area contributed by atoms with E-state index in [2.05, 4.69) is 37.4 Å². The van der Waals surface area contributed by atoms with Gasteiger partial charge in [0.1, 0.15) is 5.78 Å². The van der Waals surface area contributed by atoms with Crippen LogP contribution >= 0.6 is 23.5 Å². The zero-order chi connectivity index (χ0) is 36.8. The summed E-state index contributed by atoms with van der Waals surface area (Å²) < 4.78 is 0. The van der Waals surface area contributed by atoms with Crippen LogP contribution in [0.15, 0.2) is 0 Å². The number of thioether (sulfide) groups is 2. The molecule has 5 nitrogen and oxygen atoms in total. The standard InChI is InChI=1S/C43H82O5S2/c1-3-5-7-17-27-39(29-19-11-9-13-23-33-42(45)46)37-49-35-25-15-21-31-41(44)32-22-16-26-36-50-38-40(28-18-8-6-4-2)30-20-12-10-14-24-34-43(47)48/h39-40H,3-38H2,1-2H3,(H,45,46)(H,47,48). The van der Waals surface area contributed by atoms with Gasteiger partial charge in [0.2, 0.25) is 0 Å². The molecular weight excluding hydrogens is 661 g/mol. The predicted octanol–water partition coefficient (Wildman–Crippen LogP) is 13.9. The van der Waals surface area contributed by atoms with E-state index in [9.17, 15) is 14.4 Å². The summed E-state index contributed by atoms with van der Waals surface area (Å²) in [4.78, 5) is 33.8. The smallest absolute Gasteiger partial charge is 0.303 e. The van der Waals surface area contributed by atoms with Gasteiger partial charge in [-0.25, -0.2) is 0 Å². The molecule has 0 radical (unpaired) electrons. The van der Waals surface area contributed by atoms with Gasteiger partial charge in [-0.1, -0.05) is 129 Å². The molecule has 2 unspecified atom stereocenters. The van der Waals surface area contributed by atoms with Gasteiger partial charge in [-0.05, 0) is 99.1 Å². The lowest BCUT2D eigenvalue weighted by Crippen LogP contribution is -2.05. The zero-order valence-corrected chi connectivity index (χ0v) is 34.7. The van der Waals surface area contributed by atoms with Crippen LogP contribution in [0, 0.1) is 11.8 Å². The van der Waals surface area contributed by atoms with Crippen molar-refractivity contribution < 1.29 is 24.6 Å². The first-order valence-electron chi connectivity index (χ1n) is 21.5. The summed E-state index contributed by atoms with van der Waals surface area (Å²) in [5.41, 5.74) is 0. The molecule has 0 rings (SSSR count). The Morgan fingerprint density at radius 2 is 0.700 bits per heavy atom. The molecule has 0 aliphatic rings. The first-order valence-corrected chi connectivity index (χ1v) is 23.8. The maximum Gasteiger partial charge on any atom is 0.303 e. The largest absolute Gasteiger partial charge is 0.481 e. The minimum atomic E-state index is -0.669. The molecule has 0 spiro atoms. The zero-order valence-electron chi connectivity index (χ0n) is 33.0. The van der Waals surface area contributed by atoms with Crippen LogP contribution in [0.1, 0.15) is 219 Å². The summed E-state index contributed by atoms with van der Waals surface area (Å²) in [5.74, 6) is 5.78. The molecule has 0 aliphatic heterocycles. The van der Waals surface area contributed by atoms with Gasteiger partial charge in [0.05, 0.1) is 0 Å². The summed E-state index contributed by atoms with van der Waals surface area (Å²) in [6.45, 7) is 4.56. The molecule has 0 fully saturated rings. The summed E-state index contributed by atoms with van der Waals surface area (Å²) in [5, 5.41) is 17.6. The fraction of sp³-hybridized carbons (Fsp3) is 0.930. The molecule has 0 aromatic heterocycles. The summed E-state index contributed by atoms with van der Waals surface area (Å²) in [6, 6.07) is 0. The highest BCUT2D eigenvalue weighted by molar-refractivity contribution is 7.99. The molecule has 0 aromatic carbocycles. The summed E-state index contributed by atoms with van der Waals surface area (Å²) in [7, 11) is 0. The molecule has 0 saturated carbocycles. The van der Waals surface area contributed by atoms with Gasteiger partial charge in [0, 0.05) is 25.7 Å². The van der Waals surface area contributed by atoms with Crippen molar-refractivity contribution >= 4 is 41.2 Å². The Balaban J connectivity index is 3.93. The lowest BCUT2D eigenvalue weighted by atomic mass is 9.96. The summed E-state index contributed by atoms with van der Waals surface area (Å²) in [6.07, 6.45) is 36.3. The lowest BCUT2D eigenvalue weighted by molar-refractivity contribution is -0.138. The maximum atomic E-state index is 12.5. The number of carbonyl (C=O) groups excluding carboxylic acids is 1. The van der Waals surface area contributed by atoms with Crippen molar-refractivity contribution in [2.24, 2.45) is 11.8 Å². The number of hydrogen-bond donors (Lipinski definition) is 2. The molecule has 0 saturated heterocycles. The number of unbranched alkanes of at least 4 members (excludes halogenated alkanes) is 18. The number of hydrogen-bond acceptors (Lipinski definition) is 5. The number of carboxylic acid groups (broad SMARTS) is 2. The van der Waals surface area contributed by atoms with E-state index in [1.165, 1.54) is 164 Å². The third-order valence-corrected chi connectivity index (χ3v) is 12.7. The van der Waals surface area contributed by atoms with E-state index in [4.69, 9.17) is 10.2 Å². The molecule has 0 amide bonds. The second kappa shape index (κ2) is 39.5. The second-order valence-electron chi connectivity index (χ2n) is 15.1. The summed E-state index contributed by atoms with van der Waals surface area (Å²) >= 11 is 4.26. The molecular formula is C43H82O5S2. The Bertz CT molecular complexity index is 702. The van der Waals surface area contributed by atoms with Gasteiger partial charge in [-0.15, -0.1) is 0 Å². The number of Topliss-reactive ketones (excluding diaryl/α,β-unsaturated/α-hetero) is 1. The molecule has 0 aromatic rings. The number of ketones is 1. The molecule has 0 bridgehead atoms. The molecule has 0 aliphatic carbocycles. The van der Waals surface area contributed by atoms with E-state index >= 15 is 0 Å². The van der Waals surface area contributed by atoms with Crippen molar-refractivity contribution in [3.63, 3.8) is 0 Å². The van der Waals surface area contributed by atoms with Crippen molar-refractivity contribution in [1.82, 2.24) is 0 Å². The van der Waals surface area contributed by atoms with Crippen LogP contribution in [0.2, 0.25) is 0 Å².